The van der Waals surface area contributed by atoms with E-state index in [1.165, 1.54) is 25.6 Å². The molecule has 40 heavy (non-hydrogen) atoms. The first kappa shape index (κ1) is 29.1. The zero-order valence-electron chi connectivity index (χ0n) is 21.2. The Morgan fingerprint density at radius 1 is 1.15 bits per heavy atom. The fourth-order valence-electron chi connectivity index (χ4n) is 3.31. The van der Waals surface area contributed by atoms with Crippen molar-refractivity contribution in [2.75, 3.05) is 32.6 Å². The smallest absolute Gasteiger partial charge is 0.497 e. The third-order valence-corrected chi connectivity index (χ3v) is 6.98. The number of nitrogens with two attached hydrogens (primary N) is 1. The number of hydrogen-bond donors (Lipinski definition) is 2. The molecule has 1 atom stereocenters. The van der Waals surface area contributed by atoms with Crippen LogP contribution in [0.25, 0.3) is 11.2 Å². The number of benzene rings is 2. The van der Waals surface area contributed by atoms with E-state index in [0.717, 1.165) is 0 Å². The summed E-state index contributed by atoms with van der Waals surface area (Å²) in [4.78, 5) is 34.4. The molecule has 2 aromatic carbocycles. The average molecular weight is 594 g/mol. The van der Waals surface area contributed by atoms with E-state index >= 15 is 0 Å². The number of fused-ring (bicyclic) bond motifs is 1. The highest BCUT2D eigenvalue weighted by molar-refractivity contribution is 7.53. The molecule has 0 bridgehead atoms. The predicted molar refractivity (Wildman–Crippen MR) is 143 cm³/mol. The Labute approximate surface area is 232 Å². The van der Waals surface area contributed by atoms with Gasteiger partial charge >= 0.3 is 13.8 Å². The van der Waals surface area contributed by atoms with Crippen molar-refractivity contribution in [2.45, 2.75) is 13.2 Å². The summed E-state index contributed by atoms with van der Waals surface area (Å²) in [5.74, 6) is 0.731. The van der Waals surface area contributed by atoms with E-state index in [4.69, 9.17) is 45.3 Å². The molecule has 212 valence electrons. The van der Waals surface area contributed by atoms with Crippen LogP contribution in [0.2, 0.25) is 5.02 Å². The van der Waals surface area contributed by atoms with Gasteiger partial charge in [0.25, 0.3) is 5.56 Å². The third-order valence-electron chi connectivity index (χ3n) is 5.22. The number of nitrogens with zero attached hydrogens (tertiary/aromatic N) is 3. The zero-order chi connectivity index (χ0) is 28.5. The molecule has 2 aromatic heterocycles. The van der Waals surface area contributed by atoms with Crippen LogP contribution in [-0.2, 0) is 36.2 Å². The van der Waals surface area contributed by atoms with E-state index in [2.05, 4.69) is 15.0 Å². The second-order valence-corrected chi connectivity index (χ2v) is 10.5. The highest BCUT2D eigenvalue weighted by Gasteiger charge is 2.27. The summed E-state index contributed by atoms with van der Waals surface area (Å²) in [6.07, 6.45) is -0.155. The number of ether oxygens (including phenoxy) is 4. The maximum atomic E-state index is 13.4. The lowest BCUT2D eigenvalue weighted by Crippen LogP contribution is -2.15. The molecule has 0 saturated heterocycles. The van der Waals surface area contributed by atoms with Crippen molar-refractivity contribution in [3.05, 3.63) is 75.8 Å². The Morgan fingerprint density at radius 3 is 2.67 bits per heavy atom. The van der Waals surface area contributed by atoms with Crippen LogP contribution in [0.4, 0.5) is 10.7 Å². The fraction of sp³-hybridized carbons (Fsp3) is 0.250. The first-order chi connectivity index (χ1) is 19.2. The number of aromatic amines is 1. The predicted octanol–water partition coefficient (Wildman–Crippen LogP) is 3.94. The molecule has 3 N–H and O–H groups in total. The van der Waals surface area contributed by atoms with Crippen molar-refractivity contribution in [3.8, 4) is 11.5 Å². The van der Waals surface area contributed by atoms with Crippen molar-refractivity contribution in [3.63, 3.8) is 0 Å². The van der Waals surface area contributed by atoms with Gasteiger partial charge in [0.1, 0.15) is 17.8 Å². The van der Waals surface area contributed by atoms with Crippen LogP contribution >= 0.6 is 19.2 Å². The number of rotatable bonds is 13. The molecule has 4 rings (SSSR count). The SMILES string of the molecule is COc1ccc(OC(=O)OCOP(=O)(COCCn2cnc3c(=O)[nH]c(N)nc32)OCc2cccc(Cl)c2)cc1. The van der Waals surface area contributed by atoms with Gasteiger partial charge in [0.05, 0.1) is 26.7 Å². The molecule has 16 heteroatoms. The highest BCUT2D eigenvalue weighted by atomic mass is 35.5. The number of halogens is 1. The minimum atomic E-state index is -3.95. The lowest BCUT2D eigenvalue weighted by Gasteiger charge is -2.19. The van der Waals surface area contributed by atoms with Gasteiger partial charge in [0.15, 0.2) is 11.2 Å². The van der Waals surface area contributed by atoms with Gasteiger partial charge in [-0.3, -0.25) is 18.9 Å². The zero-order valence-corrected chi connectivity index (χ0v) is 22.8. The number of H-pyrrole nitrogens is 1. The summed E-state index contributed by atoms with van der Waals surface area (Å²) in [6, 6.07) is 13.0. The first-order valence-electron chi connectivity index (χ1n) is 11.6. The summed E-state index contributed by atoms with van der Waals surface area (Å²) in [7, 11) is -2.44. The number of anilines is 1. The molecule has 0 aliphatic carbocycles. The normalized spacial score (nSPS) is 12.7. The second kappa shape index (κ2) is 13.4. The highest BCUT2D eigenvalue weighted by Crippen LogP contribution is 2.49. The summed E-state index contributed by atoms with van der Waals surface area (Å²) in [6.45, 7) is -0.627. The van der Waals surface area contributed by atoms with E-state index in [1.807, 2.05) is 0 Å². The third kappa shape index (κ3) is 8.04. The molecule has 1 unspecified atom stereocenters. The number of methoxy groups -OCH3 is 1. The quantitative estimate of drug-likeness (QED) is 0.0750. The van der Waals surface area contributed by atoms with Crippen molar-refractivity contribution >= 4 is 42.5 Å². The van der Waals surface area contributed by atoms with Gasteiger partial charge in [0, 0.05) is 11.6 Å². The van der Waals surface area contributed by atoms with Crippen LogP contribution in [0, 0.1) is 0 Å². The van der Waals surface area contributed by atoms with Crippen molar-refractivity contribution in [1.29, 1.82) is 0 Å². The monoisotopic (exact) mass is 593 g/mol. The van der Waals surface area contributed by atoms with E-state index < -0.39 is 32.5 Å². The van der Waals surface area contributed by atoms with Gasteiger partial charge in [-0.2, -0.15) is 4.98 Å². The largest absolute Gasteiger partial charge is 0.515 e. The molecule has 14 nitrogen and oxygen atoms in total. The standard InChI is InChI=1S/C24H25ClN5O9P/c1-34-18-5-7-19(8-6-18)39-24(32)36-14-38-40(33,37-12-16-3-2-4-17(25)11-16)15-35-10-9-30-13-27-20-21(30)28-23(26)29-22(20)31/h2-8,11,13H,9-10,12,14-15H2,1H3,(H3,26,28,29,31). The van der Waals surface area contributed by atoms with Gasteiger partial charge in [0.2, 0.25) is 12.7 Å². The molecule has 0 amide bonds. The fourth-order valence-corrected chi connectivity index (χ4v) is 4.66. The molecule has 0 spiro atoms. The van der Waals surface area contributed by atoms with Crippen LogP contribution < -0.4 is 20.8 Å². The number of nitrogen functional groups attached to an aromatic ring is 1. The molecule has 0 saturated carbocycles. The maximum Gasteiger partial charge on any atom is 0.515 e. The Bertz CT molecular complexity index is 1560. The van der Waals surface area contributed by atoms with Crippen LogP contribution in [0.1, 0.15) is 5.56 Å². The number of carbonyl (C=O) groups excluding carboxylic acids is 1. The Kier molecular flexibility index (Phi) is 9.74. The topological polar surface area (TPSA) is 179 Å². The molecule has 4 aromatic rings. The summed E-state index contributed by atoms with van der Waals surface area (Å²) in [5.41, 5.74) is 6.16. The molecule has 0 fully saturated rings. The minimum absolute atomic E-state index is 0.0219. The van der Waals surface area contributed by atoms with Crippen LogP contribution in [0.15, 0.2) is 59.7 Å². The lowest BCUT2D eigenvalue weighted by molar-refractivity contribution is 0.0154. The maximum absolute atomic E-state index is 13.4. The number of aromatic nitrogens is 4. The number of imidazole rings is 1. The lowest BCUT2D eigenvalue weighted by atomic mass is 10.2. The number of nitrogens with one attached hydrogen (secondary N) is 1. The van der Waals surface area contributed by atoms with Gasteiger partial charge in [-0.15, -0.1) is 0 Å². The molecule has 0 radical (unpaired) electrons. The summed E-state index contributed by atoms with van der Waals surface area (Å²) in [5, 5.41) is 0.471. The van der Waals surface area contributed by atoms with Crippen molar-refractivity contribution < 1.29 is 37.4 Å². The van der Waals surface area contributed by atoms with Crippen LogP contribution in [-0.4, -0.2) is 52.5 Å². The average Bonchev–Trinajstić information content (AvgIpc) is 3.33. The van der Waals surface area contributed by atoms with Crippen LogP contribution in [0.3, 0.4) is 0 Å². The van der Waals surface area contributed by atoms with Gasteiger partial charge in [-0.25, -0.2) is 9.78 Å². The Morgan fingerprint density at radius 2 is 1.93 bits per heavy atom. The van der Waals surface area contributed by atoms with Gasteiger partial charge in [-0.1, -0.05) is 23.7 Å². The number of carbonyl (C=O) groups is 1. The molecular formula is C24H25ClN5O9P. The Hall–Kier alpha value is -3.94. The van der Waals surface area contributed by atoms with Gasteiger partial charge < -0.3 is 33.8 Å². The second-order valence-electron chi connectivity index (χ2n) is 8.03. The van der Waals surface area contributed by atoms with Crippen molar-refractivity contribution in [1.82, 2.24) is 19.5 Å². The van der Waals surface area contributed by atoms with E-state index in [9.17, 15) is 14.2 Å². The van der Waals surface area contributed by atoms with Crippen molar-refractivity contribution in [2.24, 2.45) is 0 Å². The summed E-state index contributed by atoms with van der Waals surface area (Å²) >= 11 is 6.01. The number of hydrogen-bond acceptors (Lipinski definition) is 12. The minimum Gasteiger partial charge on any atom is -0.497 e. The van der Waals surface area contributed by atoms with E-state index in [-0.39, 0.29) is 42.6 Å². The van der Waals surface area contributed by atoms with E-state index in [0.29, 0.717) is 16.3 Å². The summed E-state index contributed by atoms with van der Waals surface area (Å²) < 4.78 is 46.3. The molecule has 2 heterocycles. The van der Waals surface area contributed by atoms with Crippen LogP contribution in [0.5, 0.6) is 11.5 Å². The molecular weight excluding hydrogens is 569 g/mol. The Balaban J connectivity index is 1.33. The first-order valence-corrected chi connectivity index (χ1v) is 13.7. The molecule has 0 aliphatic heterocycles. The van der Waals surface area contributed by atoms with Gasteiger partial charge in [-0.05, 0) is 42.0 Å². The molecule has 0 aliphatic rings. The van der Waals surface area contributed by atoms with E-state index in [1.54, 1.807) is 41.0 Å².